The smallest absolute Gasteiger partial charge is 0.0540 e. The number of benzene rings is 1. The van der Waals surface area contributed by atoms with Crippen molar-refractivity contribution in [1.82, 2.24) is 0 Å². The van der Waals surface area contributed by atoms with Crippen LogP contribution in [0.1, 0.15) is 38.2 Å². The number of hydrogen-bond donors (Lipinski definition) is 1. The van der Waals surface area contributed by atoms with Crippen LogP contribution in [0.3, 0.4) is 0 Å². The minimum atomic E-state index is -0.178. The second-order valence-corrected chi connectivity index (χ2v) is 4.91. The zero-order valence-electron chi connectivity index (χ0n) is 9.55. The average Bonchev–Trinajstić information content (AvgIpc) is 2.23. The summed E-state index contributed by atoms with van der Waals surface area (Å²) in [7, 11) is 0. The molecule has 1 unspecified atom stereocenters. The number of aryl methyl sites for hydroxylation is 1. The summed E-state index contributed by atoms with van der Waals surface area (Å²) in [5.74, 6) is 0. The lowest BCUT2D eigenvalue weighted by Gasteiger charge is -2.09. The van der Waals surface area contributed by atoms with E-state index in [1.54, 1.807) is 6.07 Å². The third kappa shape index (κ3) is 4.73. The van der Waals surface area contributed by atoms with Gasteiger partial charge < -0.3 is 5.11 Å². The van der Waals surface area contributed by atoms with Crippen LogP contribution < -0.4 is 0 Å². The quantitative estimate of drug-likeness (QED) is 0.800. The lowest BCUT2D eigenvalue weighted by Crippen LogP contribution is -2.05. The monoisotopic (exact) mass is 260 g/mol. The van der Waals surface area contributed by atoms with Crippen LogP contribution in [-0.4, -0.2) is 11.2 Å². The highest BCUT2D eigenvalue weighted by molar-refractivity contribution is 6.33. The van der Waals surface area contributed by atoms with Gasteiger partial charge in [-0.15, -0.1) is 0 Å². The van der Waals surface area contributed by atoms with Crippen LogP contribution in [0.4, 0.5) is 0 Å². The Kier molecular flexibility index (Phi) is 6.18. The second-order valence-electron chi connectivity index (χ2n) is 4.07. The van der Waals surface area contributed by atoms with Crippen molar-refractivity contribution >= 4 is 23.2 Å². The van der Waals surface area contributed by atoms with E-state index in [2.05, 4.69) is 6.92 Å². The molecular formula is C13H18Cl2O. The van der Waals surface area contributed by atoms with E-state index in [0.29, 0.717) is 5.02 Å². The highest BCUT2D eigenvalue weighted by Gasteiger charge is 2.05. The number of aliphatic hydroxyl groups excluding tert-OH is 1. The standard InChI is InChI=1S/C13H18Cl2O/c1-2-4-12(16)6-3-5-10-9-11(14)7-8-13(10)15/h7-9,12,16H,2-6H2,1H3. The van der Waals surface area contributed by atoms with Crippen LogP contribution >= 0.6 is 23.2 Å². The van der Waals surface area contributed by atoms with Crippen LogP contribution in [0.5, 0.6) is 0 Å². The molecule has 1 nitrogen and oxygen atoms in total. The highest BCUT2D eigenvalue weighted by Crippen LogP contribution is 2.22. The Morgan fingerprint density at radius 3 is 2.69 bits per heavy atom. The zero-order valence-corrected chi connectivity index (χ0v) is 11.1. The fourth-order valence-electron chi connectivity index (χ4n) is 1.74. The summed E-state index contributed by atoms with van der Waals surface area (Å²) in [6.45, 7) is 2.08. The first-order chi connectivity index (χ1) is 7.63. The predicted molar refractivity (Wildman–Crippen MR) is 70.3 cm³/mol. The molecule has 0 aliphatic rings. The van der Waals surface area contributed by atoms with Gasteiger partial charge in [-0.2, -0.15) is 0 Å². The summed E-state index contributed by atoms with van der Waals surface area (Å²) in [6, 6.07) is 5.51. The summed E-state index contributed by atoms with van der Waals surface area (Å²) < 4.78 is 0. The molecule has 1 rings (SSSR count). The lowest BCUT2D eigenvalue weighted by atomic mass is 10.0. The van der Waals surface area contributed by atoms with Gasteiger partial charge in [0, 0.05) is 10.0 Å². The molecule has 0 amide bonds. The summed E-state index contributed by atoms with van der Waals surface area (Å²) in [4.78, 5) is 0. The number of halogens is 2. The van der Waals surface area contributed by atoms with Gasteiger partial charge in [0.05, 0.1) is 6.10 Å². The van der Waals surface area contributed by atoms with Gasteiger partial charge in [0.25, 0.3) is 0 Å². The molecule has 90 valence electrons. The molecule has 0 aliphatic carbocycles. The first-order valence-corrected chi connectivity index (χ1v) is 6.51. The fraction of sp³-hybridized carbons (Fsp3) is 0.538. The molecule has 0 saturated heterocycles. The van der Waals surface area contributed by atoms with Crippen molar-refractivity contribution in [2.24, 2.45) is 0 Å². The van der Waals surface area contributed by atoms with Crippen LogP contribution in [-0.2, 0) is 6.42 Å². The maximum absolute atomic E-state index is 9.59. The van der Waals surface area contributed by atoms with E-state index >= 15 is 0 Å². The Labute approximate surface area is 107 Å². The minimum Gasteiger partial charge on any atom is -0.393 e. The summed E-state index contributed by atoms with van der Waals surface area (Å²) in [6.07, 6.45) is 4.38. The van der Waals surface area contributed by atoms with E-state index < -0.39 is 0 Å². The third-order valence-corrected chi connectivity index (χ3v) is 3.22. The molecule has 0 heterocycles. The summed E-state index contributed by atoms with van der Waals surface area (Å²) >= 11 is 12.0. The van der Waals surface area contributed by atoms with Crippen LogP contribution in [0.2, 0.25) is 10.0 Å². The molecule has 0 aromatic heterocycles. The molecule has 1 N–H and O–H groups in total. The Morgan fingerprint density at radius 2 is 2.00 bits per heavy atom. The van der Waals surface area contributed by atoms with Crippen molar-refractivity contribution in [1.29, 1.82) is 0 Å². The van der Waals surface area contributed by atoms with E-state index in [4.69, 9.17) is 23.2 Å². The predicted octanol–water partition coefficient (Wildman–Crippen LogP) is 4.48. The maximum Gasteiger partial charge on any atom is 0.0540 e. The molecule has 0 bridgehead atoms. The number of aliphatic hydroxyl groups is 1. The number of hydrogen-bond acceptors (Lipinski definition) is 1. The minimum absolute atomic E-state index is 0.178. The molecule has 0 radical (unpaired) electrons. The highest BCUT2D eigenvalue weighted by atomic mass is 35.5. The van der Waals surface area contributed by atoms with E-state index in [0.717, 1.165) is 42.7 Å². The summed E-state index contributed by atoms with van der Waals surface area (Å²) in [5.41, 5.74) is 1.07. The molecule has 1 aromatic rings. The third-order valence-electron chi connectivity index (χ3n) is 2.61. The Balaban J connectivity index is 2.39. The molecule has 0 aliphatic heterocycles. The van der Waals surface area contributed by atoms with Crippen LogP contribution in [0.25, 0.3) is 0 Å². The van der Waals surface area contributed by atoms with Crippen LogP contribution in [0.15, 0.2) is 18.2 Å². The maximum atomic E-state index is 9.59. The SMILES string of the molecule is CCCC(O)CCCc1cc(Cl)ccc1Cl. The first kappa shape index (κ1) is 13.8. The second kappa shape index (κ2) is 7.16. The molecule has 1 aromatic carbocycles. The Morgan fingerprint density at radius 1 is 1.25 bits per heavy atom. The van der Waals surface area contributed by atoms with Crippen molar-refractivity contribution in [2.75, 3.05) is 0 Å². The van der Waals surface area contributed by atoms with E-state index in [9.17, 15) is 5.11 Å². The van der Waals surface area contributed by atoms with Crippen molar-refractivity contribution in [3.05, 3.63) is 33.8 Å². The lowest BCUT2D eigenvalue weighted by molar-refractivity contribution is 0.151. The largest absolute Gasteiger partial charge is 0.393 e. The zero-order chi connectivity index (χ0) is 12.0. The first-order valence-electron chi connectivity index (χ1n) is 5.75. The van der Waals surface area contributed by atoms with Gasteiger partial charge >= 0.3 is 0 Å². The van der Waals surface area contributed by atoms with E-state index in [1.165, 1.54) is 0 Å². The average molecular weight is 261 g/mol. The topological polar surface area (TPSA) is 20.2 Å². The molecule has 16 heavy (non-hydrogen) atoms. The van der Waals surface area contributed by atoms with Crippen LogP contribution in [0, 0.1) is 0 Å². The normalized spacial score (nSPS) is 12.8. The Hall–Kier alpha value is -0.240. The van der Waals surface area contributed by atoms with Gasteiger partial charge in [-0.3, -0.25) is 0 Å². The molecular weight excluding hydrogens is 243 g/mol. The van der Waals surface area contributed by atoms with E-state index in [-0.39, 0.29) is 6.10 Å². The van der Waals surface area contributed by atoms with Gasteiger partial charge in [-0.25, -0.2) is 0 Å². The molecule has 3 heteroatoms. The van der Waals surface area contributed by atoms with E-state index in [1.807, 2.05) is 12.1 Å². The van der Waals surface area contributed by atoms with Gasteiger partial charge in [0.2, 0.25) is 0 Å². The van der Waals surface area contributed by atoms with Crippen molar-refractivity contribution in [2.45, 2.75) is 45.1 Å². The van der Waals surface area contributed by atoms with Gasteiger partial charge in [-0.05, 0) is 49.4 Å². The molecule has 1 atom stereocenters. The molecule has 0 fully saturated rings. The molecule has 0 spiro atoms. The fourth-order valence-corrected chi connectivity index (χ4v) is 2.15. The summed E-state index contributed by atoms with van der Waals surface area (Å²) in [5, 5.41) is 11.1. The number of rotatable bonds is 6. The van der Waals surface area contributed by atoms with Crippen molar-refractivity contribution in [3.8, 4) is 0 Å². The van der Waals surface area contributed by atoms with Gasteiger partial charge in [-0.1, -0.05) is 36.5 Å². The van der Waals surface area contributed by atoms with Crippen molar-refractivity contribution in [3.63, 3.8) is 0 Å². The molecule has 0 saturated carbocycles. The van der Waals surface area contributed by atoms with Gasteiger partial charge in [0.15, 0.2) is 0 Å². The van der Waals surface area contributed by atoms with Crippen molar-refractivity contribution < 1.29 is 5.11 Å². The Bertz CT molecular complexity index is 326. The van der Waals surface area contributed by atoms with Gasteiger partial charge in [0.1, 0.15) is 0 Å².